The number of hydrogen-bond acceptors (Lipinski definition) is 6. The fourth-order valence-electron chi connectivity index (χ4n) is 2.02. The molecule has 124 valence electrons. The number of nitrogens with zero attached hydrogens (tertiary/aromatic N) is 1. The molecule has 2 N–H and O–H groups in total. The number of para-hydroxylation sites is 1. The number of halogens is 1. The van der Waals surface area contributed by atoms with Gasteiger partial charge in [-0.15, -0.1) is 0 Å². The van der Waals surface area contributed by atoms with E-state index in [0.29, 0.717) is 15.7 Å². The van der Waals surface area contributed by atoms with Crippen molar-refractivity contribution in [3.8, 4) is 0 Å². The van der Waals surface area contributed by atoms with Gasteiger partial charge in [0.2, 0.25) is 5.13 Å². The molecular formula is C15H12ClN3O3S2. The van der Waals surface area contributed by atoms with E-state index in [1.807, 2.05) is 12.1 Å². The molecule has 1 aromatic heterocycles. The van der Waals surface area contributed by atoms with Gasteiger partial charge in [0.1, 0.15) is 5.52 Å². The Labute approximate surface area is 147 Å². The first kappa shape index (κ1) is 16.7. The number of aromatic nitrogens is 1. The quantitative estimate of drug-likeness (QED) is 0.678. The Morgan fingerprint density at radius 3 is 2.67 bits per heavy atom. The summed E-state index contributed by atoms with van der Waals surface area (Å²) in [4.78, 5) is 16.5. The molecule has 0 aliphatic heterocycles. The summed E-state index contributed by atoms with van der Waals surface area (Å²) in [5, 5.41) is 1.01. The second kappa shape index (κ2) is 6.39. The van der Waals surface area contributed by atoms with Crippen LogP contribution in [-0.2, 0) is 9.84 Å². The van der Waals surface area contributed by atoms with Gasteiger partial charge < -0.3 is 0 Å². The predicted molar refractivity (Wildman–Crippen MR) is 95.3 cm³/mol. The number of hydrazine groups is 1. The SMILES string of the molecule is CS(=O)(=O)c1cccc(C(=O)NNc2nc3c(Cl)cccc3s2)c1. The van der Waals surface area contributed by atoms with Crippen LogP contribution >= 0.6 is 22.9 Å². The van der Waals surface area contributed by atoms with Gasteiger partial charge in [-0.3, -0.25) is 15.6 Å². The first-order chi connectivity index (χ1) is 11.3. The van der Waals surface area contributed by atoms with Crippen LogP contribution in [0.4, 0.5) is 5.13 Å². The summed E-state index contributed by atoms with van der Waals surface area (Å²) in [6, 6.07) is 11.2. The van der Waals surface area contributed by atoms with Gasteiger partial charge in [0, 0.05) is 11.8 Å². The van der Waals surface area contributed by atoms with Crippen molar-refractivity contribution in [1.29, 1.82) is 0 Å². The van der Waals surface area contributed by atoms with Gasteiger partial charge in [-0.2, -0.15) is 0 Å². The molecule has 3 aromatic rings. The van der Waals surface area contributed by atoms with Crippen LogP contribution in [0.3, 0.4) is 0 Å². The number of rotatable bonds is 4. The zero-order valence-electron chi connectivity index (χ0n) is 12.4. The summed E-state index contributed by atoms with van der Waals surface area (Å²) in [6.45, 7) is 0. The molecule has 0 radical (unpaired) electrons. The number of anilines is 1. The molecule has 1 amide bonds. The van der Waals surface area contributed by atoms with Crippen LogP contribution in [0.2, 0.25) is 5.02 Å². The minimum absolute atomic E-state index is 0.0851. The van der Waals surface area contributed by atoms with Crippen molar-refractivity contribution >= 4 is 54.0 Å². The normalized spacial score (nSPS) is 11.4. The highest BCUT2D eigenvalue weighted by Gasteiger charge is 2.12. The van der Waals surface area contributed by atoms with Crippen molar-refractivity contribution in [2.24, 2.45) is 0 Å². The number of hydrogen-bond donors (Lipinski definition) is 2. The molecule has 9 heteroatoms. The number of sulfone groups is 1. The van der Waals surface area contributed by atoms with Crippen LogP contribution in [0.15, 0.2) is 47.4 Å². The molecule has 3 rings (SSSR count). The topological polar surface area (TPSA) is 88.2 Å². The van der Waals surface area contributed by atoms with E-state index < -0.39 is 15.7 Å². The van der Waals surface area contributed by atoms with Gasteiger partial charge in [-0.05, 0) is 30.3 Å². The lowest BCUT2D eigenvalue weighted by atomic mass is 10.2. The van der Waals surface area contributed by atoms with Crippen molar-refractivity contribution in [2.75, 3.05) is 11.7 Å². The second-order valence-electron chi connectivity index (χ2n) is 4.98. The van der Waals surface area contributed by atoms with E-state index in [1.54, 1.807) is 6.07 Å². The van der Waals surface area contributed by atoms with Crippen LogP contribution < -0.4 is 10.9 Å². The molecule has 0 spiro atoms. The molecule has 2 aromatic carbocycles. The summed E-state index contributed by atoms with van der Waals surface area (Å²) in [6.07, 6.45) is 1.09. The Morgan fingerprint density at radius 2 is 1.96 bits per heavy atom. The molecule has 0 bridgehead atoms. The van der Waals surface area contributed by atoms with Gasteiger partial charge in [-0.25, -0.2) is 13.4 Å². The standard InChI is InChI=1S/C15H12ClN3O3S2/c1-24(21,22)10-5-2-4-9(8-10)14(20)18-19-15-17-13-11(16)6-3-7-12(13)23-15/h2-8H,1H3,(H,17,19)(H,18,20). The van der Waals surface area contributed by atoms with Gasteiger partial charge >= 0.3 is 0 Å². The average Bonchev–Trinajstić information content (AvgIpc) is 2.96. The molecule has 0 atom stereocenters. The summed E-state index contributed by atoms with van der Waals surface area (Å²) >= 11 is 7.40. The van der Waals surface area contributed by atoms with Crippen LogP contribution in [0, 0.1) is 0 Å². The van der Waals surface area contributed by atoms with Crippen molar-refractivity contribution in [2.45, 2.75) is 4.90 Å². The number of amides is 1. The molecular weight excluding hydrogens is 370 g/mol. The number of fused-ring (bicyclic) bond motifs is 1. The Bertz CT molecular complexity index is 1030. The van der Waals surface area contributed by atoms with Crippen molar-refractivity contribution in [3.05, 3.63) is 53.1 Å². The van der Waals surface area contributed by atoms with Gasteiger partial charge in [0.05, 0.1) is 14.6 Å². The average molecular weight is 382 g/mol. The predicted octanol–water partition coefficient (Wildman–Crippen LogP) is 3.11. The fraction of sp³-hybridized carbons (Fsp3) is 0.0667. The van der Waals surface area contributed by atoms with E-state index in [1.165, 1.54) is 35.6 Å². The first-order valence-corrected chi connectivity index (χ1v) is 9.85. The van der Waals surface area contributed by atoms with Crippen LogP contribution in [-0.4, -0.2) is 25.6 Å². The maximum Gasteiger partial charge on any atom is 0.269 e. The third kappa shape index (κ3) is 3.50. The smallest absolute Gasteiger partial charge is 0.269 e. The van der Waals surface area contributed by atoms with Crippen molar-refractivity contribution in [1.82, 2.24) is 10.4 Å². The fourth-order valence-corrected chi connectivity index (χ4v) is 3.80. The lowest BCUT2D eigenvalue weighted by Gasteiger charge is -2.06. The Morgan fingerprint density at radius 1 is 1.21 bits per heavy atom. The molecule has 24 heavy (non-hydrogen) atoms. The molecule has 0 unspecified atom stereocenters. The largest absolute Gasteiger partial charge is 0.273 e. The highest BCUT2D eigenvalue weighted by atomic mass is 35.5. The Hall–Kier alpha value is -2.16. The summed E-state index contributed by atoms with van der Waals surface area (Å²) < 4.78 is 24.0. The summed E-state index contributed by atoms with van der Waals surface area (Å²) in [7, 11) is -3.37. The maximum atomic E-state index is 12.2. The zero-order chi connectivity index (χ0) is 17.3. The monoisotopic (exact) mass is 381 g/mol. The molecule has 0 aliphatic rings. The van der Waals surface area contributed by atoms with Gasteiger partial charge in [-0.1, -0.05) is 35.1 Å². The van der Waals surface area contributed by atoms with E-state index in [9.17, 15) is 13.2 Å². The minimum atomic E-state index is -3.37. The number of thiazole rings is 1. The lowest BCUT2D eigenvalue weighted by Crippen LogP contribution is -2.29. The number of nitrogens with one attached hydrogen (secondary N) is 2. The second-order valence-corrected chi connectivity index (χ2v) is 8.44. The van der Waals surface area contributed by atoms with E-state index >= 15 is 0 Å². The number of carbonyl (C=O) groups is 1. The highest BCUT2D eigenvalue weighted by molar-refractivity contribution is 7.90. The van der Waals surface area contributed by atoms with E-state index in [0.717, 1.165) is 11.0 Å². The van der Waals surface area contributed by atoms with E-state index in [2.05, 4.69) is 15.8 Å². The van der Waals surface area contributed by atoms with E-state index in [-0.39, 0.29) is 10.5 Å². The van der Waals surface area contributed by atoms with Crippen LogP contribution in [0.1, 0.15) is 10.4 Å². The third-order valence-electron chi connectivity index (χ3n) is 3.18. The Kier molecular flexibility index (Phi) is 4.44. The summed E-state index contributed by atoms with van der Waals surface area (Å²) in [5.41, 5.74) is 6.09. The number of carbonyl (C=O) groups excluding carboxylic acids is 1. The van der Waals surface area contributed by atoms with Crippen LogP contribution in [0.5, 0.6) is 0 Å². The molecule has 0 saturated heterocycles. The van der Waals surface area contributed by atoms with Gasteiger partial charge in [0.25, 0.3) is 5.91 Å². The lowest BCUT2D eigenvalue weighted by molar-refractivity contribution is 0.0962. The van der Waals surface area contributed by atoms with Crippen molar-refractivity contribution in [3.63, 3.8) is 0 Å². The summed E-state index contributed by atoms with van der Waals surface area (Å²) in [5.74, 6) is -0.467. The first-order valence-electron chi connectivity index (χ1n) is 6.76. The molecule has 6 nitrogen and oxygen atoms in total. The Balaban J connectivity index is 1.76. The number of benzene rings is 2. The highest BCUT2D eigenvalue weighted by Crippen LogP contribution is 2.30. The third-order valence-corrected chi connectivity index (χ3v) is 5.53. The minimum Gasteiger partial charge on any atom is -0.273 e. The van der Waals surface area contributed by atoms with Crippen molar-refractivity contribution < 1.29 is 13.2 Å². The molecule has 1 heterocycles. The molecule has 0 fully saturated rings. The molecule has 0 aliphatic carbocycles. The zero-order valence-corrected chi connectivity index (χ0v) is 14.8. The molecule has 0 saturated carbocycles. The van der Waals surface area contributed by atoms with Crippen LogP contribution in [0.25, 0.3) is 10.2 Å². The van der Waals surface area contributed by atoms with E-state index in [4.69, 9.17) is 11.6 Å². The van der Waals surface area contributed by atoms with Gasteiger partial charge in [0.15, 0.2) is 9.84 Å². The maximum absolute atomic E-state index is 12.2.